The van der Waals surface area contributed by atoms with E-state index in [0.29, 0.717) is 5.91 Å². The minimum Gasteiger partial charge on any atom is -0.340 e. The molecule has 1 N–H and O–H groups in total. The second-order valence-corrected chi connectivity index (χ2v) is 7.63. The molecule has 1 atom stereocenters. The number of hydrogen-bond donors (Lipinski definition) is 1. The van der Waals surface area contributed by atoms with Gasteiger partial charge in [-0.1, -0.05) is 12.1 Å². The fourth-order valence-corrected chi connectivity index (χ4v) is 4.18. The monoisotopic (exact) mass is 352 g/mol. The van der Waals surface area contributed by atoms with E-state index in [4.69, 9.17) is 0 Å². The van der Waals surface area contributed by atoms with Crippen molar-refractivity contribution in [1.29, 1.82) is 0 Å². The molecule has 1 amide bonds. The molecule has 2 aromatic rings. The molecule has 4 rings (SSSR count). The maximum Gasteiger partial charge on any atom is 0.227 e. The molecule has 2 aliphatic rings. The number of rotatable bonds is 3. The van der Waals surface area contributed by atoms with Crippen LogP contribution >= 0.6 is 0 Å². The molecule has 0 saturated carbocycles. The number of amides is 1. The van der Waals surface area contributed by atoms with Crippen molar-refractivity contribution in [3.8, 4) is 0 Å². The normalized spacial score (nSPS) is 21.9. The number of hydrogen-bond acceptors (Lipinski definition) is 4. The Hall–Kier alpha value is -1.98. The number of pyridine rings is 1. The first-order valence-electron chi connectivity index (χ1n) is 9.77. The van der Waals surface area contributed by atoms with E-state index in [-0.39, 0.29) is 5.92 Å². The lowest BCUT2D eigenvalue weighted by molar-refractivity contribution is -0.138. The number of benzene rings is 1. The van der Waals surface area contributed by atoms with Gasteiger partial charge in [-0.05, 0) is 50.1 Å². The Kier molecular flexibility index (Phi) is 5.18. The van der Waals surface area contributed by atoms with Gasteiger partial charge in [0.05, 0.1) is 11.4 Å². The lowest BCUT2D eigenvalue weighted by Crippen LogP contribution is -2.51. The van der Waals surface area contributed by atoms with E-state index >= 15 is 0 Å². The molecule has 0 spiro atoms. The largest absolute Gasteiger partial charge is 0.340 e. The van der Waals surface area contributed by atoms with Crippen molar-refractivity contribution < 1.29 is 4.79 Å². The first-order valence-corrected chi connectivity index (χ1v) is 9.77. The van der Waals surface area contributed by atoms with Crippen LogP contribution in [0.4, 0.5) is 0 Å². The smallest absolute Gasteiger partial charge is 0.227 e. The average Bonchev–Trinajstić information content (AvgIpc) is 2.68. The molecule has 2 saturated heterocycles. The molecule has 26 heavy (non-hydrogen) atoms. The number of nitrogens with one attached hydrogen (secondary N) is 1. The Morgan fingerprint density at radius 1 is 1.19 bits per heavy atom. The molecule has 2 fully saturated rings. The van der Waals surface area contributed by atoms with Gasteiger partial charge >= 0.3 is 0 Å². The van der Waals surface area contributed by atoms with Crippen LogP contribution in [0.15, 0.2) is 30.3 Å². The maximum absolute atomic E-state index is 12.8. The summed E-state index contributed by atoms with van der Waals surface area (Å²) in [4.78, 5) is 21.9. The molecule has 5 heteroatoms. The number of fused-ring (bicyclic) bond motifs is 1. The quantitative estimate of drug-likeness (QED) is 0.920. The minimum absolute atomic E-state index is 0.159. The van der Waals surface area contributed by atoms with Crippen molar-refractivity contribution in [2.75, 3.05) is 39.3 Å². The summed E-state index contributed by atoms with van der Waals surface area (Å²) in [6.07, 6.45) is 2.14. The Labute approximate surface area is 155 Å². The van der Waals surface area contributed by atoms with Gasteiger partial charge in [-0.2, -0.15) is 0 Å². The lowest BCUT2D eigenvalue weighted by atomic mass is 9.95. The van der Waals surface area contributed by atoms with Crippen LogP contribution in [-0.2, 0) is 11.3 Å². The molecule has 138 valence electrons. The highest BCUT2D eigenvalue weighted by Crippen LogP contribution is 2.22. The summed E-state index contributed by atoms with van der Waals surface area (Å²) >= 11 is 0. The van der Waals surface area contributed by atoms with Gasteiger partial charge in [0, 0.05) is 50.3 Å². The molecule has 0 aliphatic carbocycles. The third-order valence-corrected chi connectivity index (χ3v) is 5.58. The van der Waals surface area contributed by atoms with E-state index < -0.39 is 0 Å². The van der Waals surface area contributed by atoms with Crippen LogP contribution in [0.1, 0.15) is 24.1 Å². The van der Waals surface area contributed by atoms with Crippen LogP contribution < -0.4 is 5.32 Å². The van der Waals surface area contributed by atoms with Gasteiger partial charge in [0.2, 0.25) is 5.91 Å². The average molecular weight is 352 g/mol. The molecule has 1 aromatic heterocycles. The van der Waals surface area contributed by atoms with E-state index in [2.05, 4.69) is 50.4 Å². The SMILES string of the molecule is Cc1ccc2cc(CN3CCCC(C(=O)N4CCNCC4)C3)ccc2n1. The van der Waals surface area contributed by atoms with Crippen LogP contribution in [0.25, 0.3) is 10.9 Å². The predicted octanol–water partition coefficient (Wildman–Crippen LogP) is 2.19. The second kappa shape index (κ2) is 7.72. The highest BCUT2D eigenvalue weighted by atomic mass is 16.2. The second-order valence-electron chi connectivity index (χ2n) is 7.63. The van der Waals surface area contributed by atoms with Gasteiger partial charge in [0.15, 0.2) is 0 Å². The summed E-state index contributed by atoms with van der Waals surface area (Å²) < 4.78 is 0. The van der Waals surface area contributed by atoms with Crippen LogP contribution in [0.2, 0.25) is 0 Å². The third-order valence-electron chi connectivity index (χ3n) is 5.58. The van der Waals surface area contributed by atoms with Crippen LogP contribution in [0.5, 0.6) is 0 Å². The molecule has 1 unspecified atom stereocenters. The third kappa shape index (κ3) is 3.89. The topological polar surface area (TPSA) is 48.5 Å². The highest BCUT2D eigenvalue weighted by molar-refractivity contribution is 5.80. The summed E-state index contributed by atoms with van der Waals surface area (Å²) in [5.41, 5.74) is 3.41. The Balaban J connectivity index is 1.41. The van der Waals surface area contributed by atoms with Gasteiger partial charge in [-0.15, -0.1) is 0 Å². The number of piperazine rings is 1. The van der Waals surface area contributed by atoms with Crippen molar-refractivity contribution in [3.05, 3.63) is 41.6 Å². The van der Waals surface area contributed by atoms with Crippen molar-refractivity contribution in [2.45, 2.75) is 26.3 Å². The van der Waals surface area contributed by atoms with E-state index in [1.54, 1.807) is 0 Å². The number of piperidine rings is 1. The first kappa shape index (κ1) is 17.4. The summed E-state index contributed by atoms with van der Waals surface area (Å²) in [6.45, 7) is 8.45. The van der Waals surface area contributed by atoms with Gasteiger partial charge < -0.3 is 10.2 Å². The van der Waals surface area contributed by atoms with E-state index in [9.17, 15) is 4.79 Å². The maximum atomic E-state index is 12.8. The fraction of sp³-hybridized carbons (Fsp3) is 0.524. The predicted molar refractivity (Wildman–Crippen MR) is 104 cm³/mol. The van der Waals surface area contributed by atoms with Gasteiger partial charge in [0.1, 0.15) is 0 Å². The van der Waals surface area contributed by atoms with Crippen molar-refractivity contribution in [3.63, 3.8) is 0 Å². The first-order chi connectivity index (χ1) is 12.7. The number of aromatic nitrogens is 1. The molecule has 0 radical (unpaired) electrons. The molecular formula is C21H28N4O. The van der Waals surface area contributed by atoms with E-state index in [1.165, 1.54) is 10.9 Å². The number of likely N-dealkylation sites (tertiary alicyclic amines) is 1. The Morgan fingerprint density at radius 3 is 2.88 bits per heavy atom. The Morgan fingerprint density at radius 2 is 2.04 bits per heavy atom. The molecule has 5 nitrogen and oxygen atoms in total. The zero-order chi connectivity index (χ0) is 17.9. The summed E-state index contributed by atoms with van der Waals surface area (Å²) in [7, 11) is 0. The zero-order valence-corrected chi connectivity index (χ0v) is 15.6. The molecular weight excluding hydrogens is 324 g/mol. The van der Waals surface area contributed by atoms with E-state index in [0.717, 1.165) is 69.9 Å². The van der Waals surface area contributed by atoms with Gasteiger partial charge in [-0.25, -0.2) is 0 Å². The Bertz CT molecular complexity index is 785. The molecule has 0 bridgehead atoms. The van der Waals surface area contributed by atoms with Crippen molar-refractivity contribution >= 4 is 16.8 Å². The fourth-order valence-electron chi connectivity index (χ4n) is 4.18. The number of carbonyl (C=O) groups is 1. The number of carbonyl (C=O) groups excluding carboxylic acids is 1. The van der Waals surface area contributed by atoms with Crippen molar-refractivity contribution in [2.24, 2.45) is 5.92 Å². The molecule has 2 aliphatic heterocycles. The highest BCUT2D eigenvalue weighted by Gasteiger charge is 2.29. The van der Waals surface area contributed by atoms with Crippen molar-refractivity contribution in [1.82, 2.24) is 20.1 Å². The summed E-state index contributed by atoms with van der Waals surface area (Å²) in [6, 6.07) is 10.7. The van der Waals surface area contributed by atoms with Gasteiger partial charge in [0.25, 0.3) is 0 Å². The van der Waals surface area contributed by atoms with Crippen LogP contribution in [-0.4, -0.2) is 60.0 Å². The number of nitrogens with zero attached hydrogens (tertiary/aromatic N) is 3. The van der Waals surface area contributed by atoms with Crippen LogP contribution in [0.3, 0.4) is 0 Å². The number of aryl methyl sites for hydroxylation is 1. The van der Waals surface area contributed by atoms with Crippen LogP contribution in [0, 0.1) is 12.8 Å². The lowest BCUT2D eigenvalue weighted by Gasteiger charge is -2.36. The zero-order valence-electron chi connectivity index (χ0n) is 15.6. The van der Waals surface area contributed by atoms with E-state index in [1.807, 2.05) is 6.92 Å². The van der Waals surface area contributed by atoms with Gasteiger partial charge in [-0.3, -0.25) is 14.7 Å². The summed E-state index contributed by atoms with van der Waals surface area (Å²) in [5.74, 6) is 0.515. The minimum atomic E-state index is 0.159. The standard InChI is InChI=1S/C21H28N4O/c1-16-4-6-18-13-17(5-7-20(18)23-16)14-24-10-2-3-19(15-24)21(26)25-11-8-22-9-12-25/h4-7,13,19,22H,2-3,8-12,14-15H2,1H3. The summed E-state index contributed by atoms with van der Waals surface area (Å²) in [5, 5.41) is 4.52. The molecule has 1 aromatic carbocycles. The molecule has 3 heterocycles.